The van der Waals surface area contributed by atoms with E-state index in [0.717, 1.165) is 60.2 Å². The molecule has 182 valence electrons. The average Bonchev–Trinajstić information content (AvgIpc) is 3.18. The Labute approximate surface area is 205 Å². The fraction of sp³-hybridized carbons (Fsp3) is 0.444. The van der Waals surface area contributed by atoms with E-state index >= 15 is 0 Å². The predicted molar refractivity (Wildman–Crippen MR) is 136 cm³/mol. The lowest BCUT2D eigenvalue weighted by molar-refractivity contribution is 0.589. The molecule has 1 N–H and O–H groups in total. The first-order chi connectivity index (χ1) is 17.2. The molecular weight excluding hydrogens is 438 g/mol. The Morgan fingerprint density at radius 3 is 2.40 bits per heavy atom. The van der Waals surface area contributed by atoms with E-state index in [9.17, 15) is 4.79 Å². The van der Waals surface area contributed by atoms with E-state index in [1.54, 1.807) is 0 Å². The van der Waals surface area contributed by atoms with E-state index < -0.39 is 0 Å². The predicted octanol–water partition coefficient (Wildman–Crippen LogP) is 4.89. The summed E-state index contributed by atoms with van der Waals surface area (Å²) >= 11 is 0. The molecule has 5 rings (SSSR count). The third-order valence-electron chi connectivity index (χ3n) is 7.38. The van der Waals surface area contributed by atoms with E-state index in [4.69, 9.17) is 4.98 Å². The molecule has 1 aliphatic carbocycles. The van der Waals surface area contributed by atoms with Crippen molar-refractivity contribution in [3.63, 3.8) is 0 Å². The van der Waals surface area contributed by atoms with Crippen LogP contribution in [0.3, 0.4) is 0 Å². The summed E-state index contributed by atoms with van der Waals surface area (Å²) in [4.78, 5) is 18.2. The van der Waals surface area contributed by atoms with Gasteiger partial charge in [-0.2, -0.15) is 5.21 Å². The van der Waals surface area contributed by atoms with Gasteiger partial charge in [-0.05, 0) is 41.5 Å². The number of benzene rings is 1. The third kappa shape index (κ3) is 4.45. The van der Waals surface area contributed by atoms with E-state index in [1.165, 1.54) is 0 Å². The molecule has 2 atom stereocenters. The molecule has 0 amide bonds. The molecule has 3 aromatic heterocycles. The summed E-state index contributed by atoms with van der Waals surface area (Å²) < 4.78 is 3.98. The zero-order chi connectivity index (χ0) is 24.4. The van der Waals surface area contributed by atoms with Crippen molar-refractivity contribution in [3.8, 4) is 22.6 Å². The number of aromatic nitrogens is 7. The van der Waals surface area contributed by atoms with Gasteiger partial charge < -0.3 is 0 Å². The maximum atomic E-state index is 13.5. The summed E-state index contributed by atoms with van der Waals surface area (Å²) in [7, 11) is 0. The number of tetrazole rings is 1. The number of hydrogen-bond acceptors (Lipinski definition) is 5. The first-order valence-electron chi connectivity index (χ1n) is 12.7. The number of nitrogens with one attached hydrogen (secondary N) is 1. The highest BCUT2D eigenvalue weighted by Crippen LogP contribution is 2.53. The molecule has 8 nitrogen and oxygen atoms in total. The van der Waals surface area contributed by atoms with E-state index in [-0.39, 0.29) is 5.69 Å². The molecule has 0 bridgehead atoms. The number of unbranched alkanes of at least 4 members (excludes halogenated alkanes) is 1. The standard InChI is InChI=1S/C27H33N7O/c1-4-7-10-19-17-34(25-20(5-2)21(25)6-3)27(35)33(19)16-18-13-14-24(28-15-18)22-11-8-9-12-23(22)26-29-31-32-30-26/h8-9,11-15,17,20-21,25H,4-7,10,16H2,1-3H3,(H,29,30,31,32). The van der Waals surface area contributed by atoms with Crippen LogP contribution in [0.1, 0.15) is 63.8 Å². The Morgan fingerprint density at radius 1 is 1.00 bits per heavy atom. The monoisotopic (exact) mass is 471 g/mol. The molecule has 1 aliphatic rings. The van der Waals surface area contributed by atoms with Crippen molar-refractivity contribution in [2.24, 2.45) is 11.8 Å². The van der Waals surface area contributed by atoms with Gasteiger partial charge in [0.15, 0.2) is 0 Å². The second-order valence-corrected chi connectivity index (χ2v) is 9.47. The number of pyridine rings is 1. The highest BCUT2D eigenvalue weighted by molar-refractivity contribution is 5.78. The lowest BCUT2D eigenvalue weighted by atomic mass is 10.0. The number of aromatic amines is 1. The van der Waals surface area contributed by atoms with Crippen molar-refractivity contribution in [2.75, 3.05) is 0 Å². The molecule has 1 aromatic carbocycles. The van der Waals surface area contributed by atoms with Crippen LogP contribution in [0.4, 0.5) is 0 Å². The van der Waals surface area contributed by atoms with Crippen LogP contribution >= 0.6 is 0 Å². The summed E-state index contributed by atoms with van der Waals surface area (Å²) in [5.74, 6) is 1.77. The number of H-pyrrole nitrogens is 1. The van der Waals surface area contributed by atoms with Crippen molar-refractivity contribution in [2.45, 2.75) is 65.5 Å². The lowest BCUT2D eigenvalue weighted by Gasteiger charge is -2.09. The van der Waals surface area contributed by atoms with E-state index in [0.29, 0.717) is 30.2 Å². The van der Waals surface area contributed by atoms with Gasteiger partial charge in [-0.25, -0.2) is 4.79 Å². The van der Waals surface area contributed by atoms with Gasteiger partial charge in [-0.3, -0.25) is 14.1 Å². The minimum absolute atomic E-state index is 0.113. The maximum absolute atomic E-state index is 13.5. The van der Waals surface area contributed by atoms with Crippen LogP contribution in [0.5, 0.6) is 0 Å². The van der Waals surface area contributed by atoms with Gasteiger partial charge in [0.2, 0.25) is 5.82 Å². The molecular formula is C27H33N7O. The first kappa shape index (κ1) is 23.2. The maximum Gasteiger partial charge on any atom is 0.328 e. The van der Waals surface area contributed by atoms with Gasteiger partial charge in [-0.15, -0.1) is 10.2 Å². The van der Waals surface area contributed by atoms with Crippen LogP contribution in [0.2, 0.25) is 0 Å². The van der Waals surface area contributed by atoms with Gasteiger partial charge in [0.25, 0.3) is 0 Å². The normalized spacial score (nSPS) is 19.2. The van der Waals surface area contributed by atoms with Crippen LogP contribution in [0.25, 0.3) is 22.6 Å². The van der Waals surface area contributed by atoms with Crippen LogP contribution in [-0.2, 0) is 13.0 Å². The smallest absolute Gasteiger partial charge is 0.295 e. The van der Waals surface area contributed by atoms with E-state index in [1.807, 2.05) is 45.7 Å². The summed E-state index contributed by atoms with van der Waals surface area (Å²) in [6.45, 7) is 7.19. The molecule has 1 saturated carbocycles. The topological polar surface area (TPSA) is 94.3 Å². The molecule has 0 spiro atoms. The Hall–Kier alpha value is -3.55. The highest BCUT2D eigenvalue weighted by Gasteiger charge is 2.49. The Balaban J connectivity index is 1.43. The van der Waals surface area contributed by atoms with Crippen molar-refractivity contribution < 1.29 is 0 Å². The first-order valence-corrected chi connectivity index (χ1v) is 12.7. The zero-order valence-electron chi connectivity index (χ0n) is 20.7. The fourth-order valence-corrected chi connectivity index (χ4v) is 5.45. The minimum Gasteiger partial charge on any atom is -0.295 e. The number of hydrogen-bond donors (Lipinski definition) is 1. The number of imidazole rings is 1. The van der Waals surface area contributed by atoms with Crippen molar-refractivity contribution in [1.82, 2.24) is 34.7 Å². The van der Waals surface area contributed by atoms with Crippen molar-refractivity contribution >= 4 is 0 Å². The van der Waals surface area contributed by atoms with Crippen LogP contribution in [-0.4, -0.2) is 34.7 Å². The van der Waals surface area contributed by atoms with E-state index in [2.05, 4.69) is 53.7 Å². The van der Waals surface area contributed by atoms with Crippen LogP contribution in [0.15, 0.2) is 53.6 Å². The molecule has 0 saturated heterocycles. The lowest BCUT2D eigenvalue weighted by Crippen LogP contribution is -2.26. The second kappa shape index (κ2) is 9.98. The zero-order valence-corrected chi connectivity index (χ0v) is 20.7. The molecule has 4 aromatic rings. The molecule has 0 radical (unpaired) electrons. The molecule has 35 heavy (non-hydrogen) atoms. The van der Waals surface area contributed by atoms with Crippen LogP contribution < -0.4 is 5.69 Å². The van der Waals surface area contributed by atoms with Gasteiger partial charge in [0, 0.05) is 35.3 Å². The molecule has 8 heteroatoms. The van der Waals surface area contributed by atoms with Crippen molar-refractivity contribution in [1.29, 1.82) is 0 Å². The molecule has 2 unspecified atom stereocenters. The van der Waals surface area contributed by atoms with Gasteiger partial charge in [-0.1, -0.05) is 70.4 Å². The van der Waals surface area contributed by atoms with Gasteiger partial charge >= 0.3 is 5.69 Å². The second-order valence-electron chi connectivity index (χ2n) is 9.47. The SMILES string of the molecule is CCCCc1cn(C2C(CC)C2CC)c(=O)n1Cc1ccc(-c2ccccc2-c2nn[nH]n2)nc1. The highest BCUT2D eigenvalue weighted by atomic mass is 16.1. The Bertz CT molecular complexity index is 1310. The molecule has 3 heterocycles. The minimum atomic E-state index is 0.113. The Morgan fingerprint density at radius 2 is 1.77 bits per heavy atom. The largest absolute Gasteiger partial charge is 0.328 e. The Kier molecular flexibility index (Phi) is 6.61. The number of rotatable bonds is 10. The fourth-order valence-electron chi connectivity index (χ4n) is 5.45. The summed E-state index contributed by atoms with van der Waals surface area (Å²) in [6.07, 6.45) is 9.35. The van der Waals surface area contributed by atoms with Gasteiger partial charge in [0.05, 0.1) is 12.2 Å². The van der Waals surface area contributed by atoms with Crippen LogP contribution in [0, 0.1) is 11.8 Å². The summed E-state index contributed by atoms with van der Waals surface area (Å²) in [6, 6.07) is 12.3. The number of nitrogens with zero attached hydrogens (tertiary/aromatic N) is 6. The van der Waals surface area contributed by atoms with Crippen molar-refractivity contribution in [3.05, 3.63) is 70.5 Å². The average molecular weight is 472 g/mol. The molecule has 0 aliphatic heterocycles. The summed E-state index contributed by atoms with van der Waals surface area (Å²) in [5, 5.41) is 14.4. The van der Waals surface area contributed by atoms with Gasteiger partial charge in [0.1, 0.15) is 0 Å². The molecule has 1 fully saturated rings. The quantitative estimate of drug-likeness (QED) is 0.355. The number of aryl methyl sites for hydroxylation is 1. The summed E-state index contributed by atoms with van der Waals surface area (Å²) in [5.41, 5.74) is 4.90. The third-order valence-corrected chi connectivity index (χ3v) is 7.38.